The van der Waals surface area contributed by atoms with Crippen LogP contribution in [0.5, 0.6) is 23.1 Å². The van der Waals surface area contributed by atoms with Crippen LogP contribution in [0.2, 0.25) is 0 Å². The van der Waals surface area contributed by atoms with E-state index in [-0.39, 0.29) is 12.2 Å². The number of carbonyl (C=O) groups is 1. The van der Waals surface area contributed by atoms with Gasteiger partial charge in [0.2, 0.25) is 5.88 Å². The summed E-state index contributed by atoms with van der Waals surface area (Å²) in [5.74, 6) is 1.53. The van der Waals surface area contributed by atoms with Crippen LogP contribution in [0, 0.1) is 5.82 Å². The van der Waals surface area contributed by atoms with E-state index in [0.717, 1.165) is 11.1 Å². The number of aliphatic carboxylic acids is 1. The quantitative estimate of drug-likeness (QED) is 0.136. The molecule has 6 rings (SSSR count). The van der Waals surface area contributed by atoms with Crippen molar-refractivity contribution in [2.24, 2.45) is 0 Å². The Morgan fingerprint density at radius 3 is 2.46 bits per heavy atom. The summed E-state index contributed by atoms with van der Waals surface area (Å²) in [6, 6.07) is 27.9. The lowest BCUT2D eigenvalue weighted by Gasteiger charge is -2.16. The molecule has 4 aromatic carbocycles. The first-order valence-electron chi connectivity index (χ1n) is 14.5. The second kappa shape index (κ2) is 13.8. The molecule has 0 spiro atoms. The van der Waals surface area contributed by atoms with Gasteiger partial charge in [-0.2, -0.15) is 4.98 Å². The number of carboxylic acids is 1. The van der Waals surface area contributed by atoms with Crippen LogP contribution < -0.4 is 14.2 Å². The van der Waals surface area contributed by atoms with E-state index in [0.29, 0.717) is 68.6 Å². The SMILES string of the molecule is COc1ccccc1-c1nccc(Oc2ccccc2CCC[C@@H](Oc2cccc3oc(-c4ccc(F)cc4)c(Br)c23)C(=O)O)n1. The summed E-state index contributed by atoms with van der Waals surface area (Å²) in [5, 5.41) is 10.6. The highest BCUT2D eigenvalue weighted by molar-refractivity contribution is 9.10. The molecule has 0 unspecified atom stereocenters. The molecular formula is C36H28BrFN2O6. The molecule has 0 saturated heterocycles. The van der Waals surface area contributed by atoms with E-state index in [1.807, 2.05) is 48.5 Å². The van der Waals surface area contributed by atoms with Crippen LogP contribution in [0.1, 0.15) is 18.4 Å². The van der Waals surface area contributed by atoms with E-state index in [9.17, 15) is 14.3 Å². The summed E-state index contributed by atoms with van der Waals surface area (Å²) in [5.41, 5.74) is 2.82. The number of hydrogen-bond donors (Lipinski definition) is 1. The zero-order chi connectivity index (χ0) is 32.0. The Bertz CT molecular complexity index is 2000. The smallest absolute Gasteiger partial charge is 0.344 e. The predicted molar refractivity (Wildman–Crippen MR) is 175 cm³/mol. The fourth-order valence-electron chi connectivity index (χ4n) is 5.11. The summed E-state index contributed by atoms with van der Waals surface area (Å²) < 4.78 is 37.8. The maximum absolute atomic E-state index is 13.5. The summed E-state index contributed by atoms with van der Waals surface area (Å²) in [7, 11) is 1.60. The average Bonchev–Trinajstić information content (AvgIpc) is 3.42. The number of halogens is 2. The van der Waals surface area contributed by atoms with E-state index < -0.39 is 12.1 Å². The Labute approximate surface area is 272 Å². The average molecular weight is 684 g/mol. The van der Waals surface area contributed by atoms with E-state index in [1.54, 1.807) is 49.7 Å². The molecule has 0 bridgehead atoms. The van der Waals surface area contributed by atoms with Crippen LogP contribution in [0.4, 0.5) is 4.39 Å². The van der Waals surface area contributed by atoms with Gasteiger partial charge in [-0.15, -0.1) is 0 Å². The number of aromatic nitrogens is 2. The Balaban J connectivity index is 1.16. The van der Waals surface area contributed by atoms with Gasteiger partial charge in [-0.1, -0.05) is 36.4 Å². The van der Waals surface area contributed by atoms with Gasteiger partial charge in [0.1, 0.15) is 34.4 Å². The van der Waals surface area contributed by atoms with Crippen molar-refractivity contribution in [1.29, 1.82) is 0 Å². The lowest BCUT2D eigenvalue weighted by atomic mass is 10.0. The molecule has 10 heteroatoms. The number of para-hydroxylation sites is 2. The molecule has 0 aliphatic rings. The second-order valence-electron chi connectivity index (χ2n) is 10.3. The van der Waals surface area contributed by atoms with Crippen LogP contribution in [-0.4, -0.2) is 34.3 Å². The number of fused-ring (bicyclic) bond motifs is 1. The van der Waals surface area contributed by atoms with Crippen molar-refractivity contribution in [3.05, 3.63) is 119 Å². The van der Waals surface area contributed by atoms with Gasteiger partial charge in [-0.05, 0) is 95.4 Å². The predicted octanol–water partition coefficient (Wildman–Crippen LogP) is 9.11. The molecule has 2 aromatic heterocycles. The molecule has 1 atom stereocenters. The van der Waals surface area contributed by atoms with Crippen LogP contribution in [-0.2, 0) is 11.2 Å². The van der Waals surface area contributed by atoms with E-state index in [4.69, 9.17) is 18.6 Å². The van der Waals surface area contributed by atoms with Crippen molar-refractivity contribution in [2.75, 3.05) is 7.11 Å². The first-order valence-corrected chi connectivity index (χ1v) is 15.3. The number of hydrogen-bond acceptors (Lipinski definition) is 7. The third kappa shape index (κ3) is 6.72. The minimum absolute atomic E-state index is 0.242. The Morgan fingerprint density at radius 1 is 0.935 bits per heavy atom. The molecule has 0 amide bonds. The van der Waals surface area contributed by atoms with Gasteiger partial charge in [0.15, 0.2) is 11.9 Å². The van der Waals surface area contributed by atoms with Gasteiger partial charge in [0.05, 0.1) is 22.5 Å². The fourth-order valence-corrected chi connectivity index (χ4v) is 5.81. The van der Waals surface area contributed by atoms with E-state index in [2.05, 4.69) is 25.9 Å². The molecule has 8 nitrogen and oxygen atoms in total. The van der Waals surface area contributed by atoms with Gasteiger partial charge < -0.3 is 23.7 Å². The van der Waals surface area contributed by atoms with Crippen molar-refractivity contribution in [3.8, 4) is 45.8 Å². The number of ether oxygens (including phenoxy) is 3. The van der Waals surface area contributed by atoms with Gasteiger partial charge in [-0.3, -0.25) is 0 Å². The van der Waals surface area contributed by atoms with Crippen LogP contribution in [0.15, 0.2) is 112 Å². The zero-order valence-electron chi connectivity index (χ0n) is 24.7. The minimum atomic E-state index is -1.11. The molecule has 2 heterocycles. The Kier molecular flexibility index (Phi) is 9.25. The largest absolute Gasteiger partial charge is 0.496 e. The van der Waals surface area contributed by atoms with Crippen LogP contribution in [0.25, 0.3) is 33.7 Å². The third-order valence-corrected chi connectivity index (χ3v) is 8.10. The molecule has 0 saturated carbocycles. The standard InChI is InChI=1S/C36H28BrFN2O6/c1-43-27-12-5-3-10-25(27)35-39-21-20-31(40-35)45-26-11-4-2-8-22(26)9-6-15-30(36(41)42)44-28-13-7-14-29-32(28)33(37)34(46-29)23-16-18-24(38)19-17-23/h2-5,7-8,10-14,16-21,30H,6,9,15H2,1H3,(H,41,42)/t30-/m1/s1. The topological polar surface area (TPSA) is 104 Å². The number of benzene rings is 4. The first-order chi connectivity index (χ1) is 22.4. The van der Waals surface area contributed by atoms with Crippen molar-refractivity contribution < 1.29 is 32.9 Å². The molecule has 0 aliphatic heterocycles. The Morgan fingerprint density at radius 2 is 1.67 bits per heavy atom. The number of rotatable bonds is 12. The highest BCUT2D eigenvalue weighted by atomic mass is 79.9. The molecule has 0 radical (unpaired) electrons. The highest BCUT2D eigenvalue weighted by Gasteiger charge is 2.24. The number of furan rings is 1. The van der Waals surface area contributed by atoms with Gasteiger partial charge in [-0.25, -0.2) is 14.2 Å². The zero-order valence-corrected chi connectivity index (χ0v) is 26.2. The summed E-state index contributed by atoms with van der Waals surface area (Å²) in [6.07, 6.45) is 1.81. The second-order valence-corrected chi connectivity index (χ2v) is 11.1. The summed E-state index contributed by atoms with van der Waals surface area (Å²) >= 11 is 3.58. The molecule has 1 N–H and O–H groups in total. The number of nitrogens with zero attached hydrogens (tertiary/aromatic N) is 2. The Hall–Kier alpha value is -5.22. The van der Waals surface area contributed by atoms with Crippen LogP contribution >= 0.6 is 15.9 Å². The maximum atomic E-state index is 13.5. The van der Waals surface area contributed by atoms with Crippen molar-refractivity contribution >= 4 is 32.9 Å². The first kappa shape index (κ1) is 30.8. The molecule has 46 heavy (non-hydrogen) atoms. The number of aryl methyl sites for hydroxylation is 1. The van der Waals surface area contributed by atoms with Crippen LogP contribution in [0.3, 0.4) is 0 Å². The normalized spacial score (nSPS) is 11.7. The lowest BCUT2D eigenvalue weighted by Crippen LogP contribution is -2.27. The number of methoxy groups -OCH3 is 1. The molecule has 6 aromatic rings. The number of carboxylic acid groups (broad SMARTS) is 1. The van der Waals surface area contributed by atoms with Gasteiger partial charge in [0.25, 0.3) is 0 Å². The monoisotopic (exact) mass is 682 g/mol. The minimum Gasteiger partial charge on any atom is -0.496 e. The molecular weight excluding hydrogens is 655 g/mol. The molecule has 0 fully saturated rings. The fraction of sp³-hybridized carbons (Fsp3) is 0.139. The van der Waals surface area contributed by atoms with Gasteiger partial charge >= 0.3 is 5.97 Å². The van der Waals surface area contributed by atoms with E-state index >= 15 is 0 Å². The molecule has 0 aliphatic carbocycles. The summed E-state index contributed by atoms with van der Waals surface area (Å²) in [6.45, 7) is 0. The van der Waals surface area contributed by atoms with Gasteiger partial charge in [0, 0.05) is 17.8 Å². The van der Waals surface area contributed by atoms with E-state index in [1.165, 1.54) is 12.1 Å². The maximum Gasteiger partial charge on any atom is 0.344 e. The highest BCUT2D eigenvalue weighted by Crippen LogP contribution is 2.42. The van der Waals surface area contributed by atoms with Crippen molar-refractivity contribution in [3.63, 3.8) is 0 Å². The lowest BCUT2D eigenvalue weighted by molar-refractivity contribution is -0.145. The van der Waals surface area contributed by atoms with Crippen molar-refractivity contribution in [1.82, 2.24) is 9.97 Å². The molecule has 232 valence electrons. The third-order valence-electron chi connectivity index (χ3n) is 7.35. The summed E-state index contributed by atoms with van der Waals surface area (Å²) in [4.78, 5) is 21.3. The van der Waals surface area contributed by atoms with Crippen molar-refractivity contribution in [2.45, 2.75) is 25.4 Å².